The number of carbonyl (C=O) groups excluding carboxylic acids is 1. The Balaban J connectivity index is 1.55. The molecule has 1 amide bonds. The smallest absolute Gasteiger partial charge is 0.270 e. The molecule has 0 saturated heterocycles. The average Bonchev–Trinajstić information content (AvgIpc) is 3.39. The summed E-state index contributed by atoms with van der Waals surface area (Å²) in [5, 5.41) is 6.92. The topological polar surface area (TPSA) is 80.9 Å². The first-order chi connectivity index (χ1) is 13.1. The number of nitrogens with zero attached hydrogens (tertiary/aromatic N) is 3. The van der Waals surface area contributed by atoms with E-state index in [9.17, 15) is 9.18 Å². The second-order valence-corrected chi connectivity index (χ2v) is 6.80. The number of nitrogens with one attached hydrogen (secondary N) is 1. The van der Waals surface area contributed by atoms with Crippen molar-refractivity contribution in [1.82, 2.24) is 20.4 Å². The molecular formula is C20H19FN4O2. The van der Waals surface area contributed by atoms with E-state index in [1.54, 1.807) is 37.3 Å². The maximum atomic E-state index is 13.5. The lowest BCUT2D eigenvalue weighted by atomic mass is 10.1. The van der Waals surface area contributed by atoms with Crippen LogP contribution < -0.4 is 5.32 Å². The number of amides is 1. The fourth-order valence-corrected chi connectivity index (χ4v) is 2.97. The second kappa shape index (κ2) is 7.26. The Bertz CT molecular complexity index is 968. The monoisotopic (exact) mass is 366 g/mol. The van der Waals surface area contributed by atoms with Crippen molar-refractivity contribution in [3.8, 4) is 11.3 Å². The van der Waals surface area contributed by atoms with Gasteiger partial charge >= 0.3 is 0 Å². The summed E-state index contributed by atoms with van der Waals surface area (Å²) < 4.78 is 18.5. The highest BCUT2D eigenvalue weighted by atomic mass is 19.1. The van der Waals surface area contributed by atoms with E-state index in [1.165, 1.54) is 12.1 Å². The molecule has 0 aliphatic heterocycles. The summed E-state index contributed by atoms with van der Waals surface area (Å²) in [5.41, 5.74) is 1.42. The lowest BCUT2D eigenvalue weighted by molar-refractivity contribution is 0.0926. The van der Waals surface area contributed by atoms with E-state index in [0.717, 1.165) is 19.3 Å². The highest BCUT2D eigenvalue weighted by Crippen LogP contribution is 2.37. The van der Waals surface area contributed by atoms with Crippen molar-refractivity contribution in [2.24, 2.45) is 5.92 Å². The minimum Gasteiger partial charge on any atom is -0.341 e. The SMILES string of the molecule is Cc1nc([C@H](CC2CC2)NC(=O)c2cccc(-c3cccc(F)c3)n2)no1. The van der Waals surface area contributed by atoms with Gasteiger partial charge < -0.3 is 9.84 Å². The van der Waals surface area contributed by atoms with Crippen molar-refractivity contribution in [1.29, 1.82) is 0 Å². The van der Waals surface area contributed by atoms with Gasteiger partial charge in [-0.2, -0.15) is 4.98 Å². The Hall–Kier alpha value is -3.09. The minimum absolute atomic E-state index is 0.262. The van der Waals surface area contributed by atoms with Gasteiger partial charge in [-0.05, 0) is 36.6 Å². The molecule has 0 spiro atoms. The molecule has 1 aliphatic rings. The Kier molecular flexibility index (Phi) is 4.66. The van der Waals surface area contributed by atoms with Crippen LogP contribution in [0, 0.1) is 18.7 Å². The molecule has 1 N–H and O–H groups in total. The fraction of sp³-hybridized carbons (Fsp3) is 0.300. The Labute approximate surface area is 155 Å². The molecule has 7 heteroatoms. The van der Waals surface area contributed by atoms with Crippen molar-refractivity contribution in [3.05, 3.63) is 65.7 Å². The molecular weight excluding hydrogens is 347 g/mol. The molecule has 2 aromatic heterocycles. The molecule has 1 aromatic carbocycles. The average molecular weight is 366 g/mol. The highest BCUT2D eigenvalue weighted by molar-refractivity contribution is 5.93. The summed E-state index contributed by atoms with van der Waals surface area (Å²) in [4.78, 5) is 21.4. The first kappa shape index (κ1) is 17.3. The van der Waals surface area contributed by atoms with E-state index in [-0.39, 0.29) is 23.5 Å². The van der Waals surface area contributed by atoms with E-state index in [4.69, 9.17) is 4.52 Å². The number of aryl methyl sites for hydroxylation is 1. The van der Waals surface area contributed by atoms with Crippen molar-refractivity contribution >= 4 is 5.91 Å². The van der Waals surface area contributed by atoms with Crippen LogP contribution in [0.5, 0.6) is 0 Å². The zero-order valence-electron chi connectivity index (χ0n) is 14.9. The molecule has 1 fully saturated rings. The number of hydrogen-bond donors (Lipinski definition) is 1. The van der Waals surface area contributed by atoms with Gasteiger partial charge in [0.05, 0.1) is 11.7 Å². The summed E-state index contributed by atoms with van der Waals surface area (Å²) in [6.07, 6.45) is 3.07. The van der Waals surface area contributed by atoms with E-state index in [1.807, 2.05) is 0 Å². The van der Waals surface area contributed by atoms with Crippen LogP contribution in [0.2, 0.25) is 0 Å². The molecule has 0 radical (unpaired) electrons. The molecule has 2 heterocycles. The van der Waals surface area contributed by atoms with E-state index < -0.39 is 0 Å². The summed E-state index contributed by atoms with van der Waals surface area (Å²) in [6, 6.07) is 10.9. The van der Waals surface area contributed by atoms with Crippen LogP contribution >= 0.6 is 0 Å². The van der Waals surface area contributed by atoms with Crippen molar-refractivity contribution in [2.45, 2.75) is 32.2 Å². The summed E-state index contributed by atoms with van der Waals surface area (Å²) in [7, 11) is 0. The Morgan fingerprint density at radius 1 is 1.26 bits per heavy atom. The van der Waals surface area contributed by atoms with Gasteiger partial charge in [-0.25, -0.2) is 9.37 Å². The number of benzene rings is 1. The lowest BCUT2D eigenvalue weighted by Crippen LogP contribution is -2.30. The first-order valence-corrected chi connectivity index (χ1v) is 8.92. The van der Waals surface area contributed by atoms with Gasteiger partial charge in [-0.15, -0.1) is 0 Å². The van der Waals surface area contributed by atoms with Crippen LogP contribution in [0.25, 0.3) is 11.3 Å². The van der Waals surface area contributed by atoms with Crippen molar-refractivity contribution < 1.29 is 13.7 Å². The molecule has 138 valence electrons. The van der Waals surface area contributed by atoms with Crippen molar-refractivity contribution in [3.63, 3.8) is 0 Å². The summed E-state index contributed by atoms with van der Waals surface area (Å²) in [5.74, 6) is 0.850. The largest absolute Gasteiger partial charge is 0.341 e. The third kappa shape index (κ3) is 4.19. The summed E-state index contributed by atoms with van der Waals surface area (Å²) >= 11 is 0. The van der Waals surface area contributed by atoms with Gasteiger partial charge in [0.2, 0.25) is 5.89 Å². The minimum atomic E-state index is -0.346. The number of pyridine rings is 1. The zero-order chi connectivity index (χ0) is 18.8. The molecule has 1 aliphatic carbocycles. The first-order valence-electron chi connectivity index (χ1n) is 8.92. The predicted molar refractivity (Wildman–Crippen MR) is 96.2 cm³/mol. The molecule has 1 atom stereocenters. The van der Waals surface area contributed by atoms with Crippen molar-refractivity contribution in [2.75, 3.05) is 0 Å². The number of rotatable bonds is 6. The van der Waals surface area contributed by atoms with E-state index >= 15 is 0 Å². The second-order valence-electron chi connectivity index (χ2n) is 6.80. The van der Waals surface area contributed by atoms with E-state index in [2.05, 4.69) is 20.4 Å². The zero-order valence-corrected chi connectivity index (χ0v) is 14.9. The van der Waals surface area contributed by atoms with Gasteiger partial charge in [0.1, 0.15) is 11.5 Å². The van der Waals surface area contributed by atoms with Gasteiger partial charge in [-0.1, -0.05) is 36.2 Å². The number of hydrogen-bond acceptors (Lipinski definition) is 5. The maximum Gasteiger partial charge on any atom is 0.270 e. The fourth-order valence-electron chi connectivity index (χ4n) is 2.97. The summed E-state index contributed by atoms with van der Waals surface area (Å²) in [6.45, 7) is 1.72. The van der Waals surface area contributed by atoms with Crippen LogP contribution in [0.1, 0.15) is 47.5 Å². The molecule has 6 nitrogen and oxygen atoms in total. The molecule has 4 rings (SSSR count). The van der Waals surface area contributed by atoms with Crippen LogP contribution in [0.4, 0.5) is 4.39 Å². The lowest BCUT2D eigenvalue weighted by Gasteiger charge is -2.15. The third-order valence-electron chi connectivity index (χ3n) is 4.53. The van der Waals surface area contributed by atoms with Crippen LogP contribution in [-0.4, -0.2) is 21.0 Å². The van der Waals surface area contributed by atoms with Gasteiger partial charge in [0, 0.05) is 12.5 Å². The van der Waals surface area contributed by atoms with Crippen LogP contribution in [-0.2, 0) is 0 Å². The number of carbonyl (C=O) groups is 1. The quantitative estimate of drug-likeness (QED) is 0.717. The molecule has 3 aromatic rings. The normalized spacial score (nSPS) is 14.7. The number of halogens is 1. The third-order valence-corrected chi connectivity index (χ3v) is 4.53. The number of aromatic nitrogens is 3. The standard InChI is InChI=1S/C20H19FN4O2/c1-12-22-19(25-27-12)18(10-13-8-9-13)24-20(26)17-7-3-6-16(23-17)14-4-2-5-15(21)11-14/h2-7,11,13,18H,8-10H2,1H3,(H,24,26)/t18-/m0/s1. The molecule has 0 unspecified atom stereocenters. The molecule has 27 heavy (non-hydrogen) atoms. The van der Waals surface area contributed by atoms with Gasteiger partial charge in [-0.3, -0.25) is 4.79 Å². The highest BCUT2D eigenvalue weighted by Gasteiger charge is 2.30. The Morgan fingerprint density at radius 2 is 2.07 bits per heavy atom. The molecule has 0 bridgehead atoms. The van der Waals surface area contributed by atoms with Crippen LogP contribution in [0.3, 0.4) is 0 Å². The maximum absolute atomic E-state index is 13.5. The predicted octanol–water partition coefficient (Wildman–Crippen LogP) is 3.85. The van der Waals surface area contributed by atoms with Gasteiger partial charge in [0.25, 0.3) is 5.91 Å². The van der Waals surface area contributed by atoms with E-state index in [0.29, 0.717) is 28.9 Å². The van der Waals surface area contributed by atoms with Gasteiger partial charge in [0.15, 0.2) is 5.82 Å². The Morgan fingerprint density at radius 3 is 2.78 bits per heavy atom. The molecule has 1 saturated carbocycles. The van der Waals surface area contributed by atoms with Crippen LogP contribution in [0.15, 0.2) is 47.0 Å².